The van der Waals surface area contributed by atoms with Crippen LogP contribution in [0.2, 0.25) is 0 Å². The van der Waals surface area contributed by atoms with Gasteiger partial charge < -0.3 is 9.64 Å². The van der Waals surface area contributed by atoms with Crippen LogP contribution >= 0.6 is 0 Å². The summed E-state index contributed by atoms with van der Waals surface area (Å²) < 4.78 is 18.4. The van der Waals surface area contributed by atoms with Crippen LogP contribution in [-0.4, -0.2) is 25.0 Å². The van der Waals surface area contributed by atoms with Gasteiger partial charge in [0.25, 0.3) is 5.91 Å². The molecule has 0 spiro atoms. The summed E-state index contributed by atoms with van der Waals surface area (Å²) in [6.07, 6.45) is 0. The Morgan fingerprint density at radius 1 is 1.50 bits per heavy atom. The lowest BCUT2D eigenvalue weighted by molar-refractivity contribution is 0.0813. The van der Waals surface area contributed by atoms with E-state index in [1.54, 1.807) is 13.1 Å². The second-order valence-electron chi connectivity index (χ2n) is 3.30. The van der Waals surface area contributed by atoms with Crippen molar-refractivity contribution < 1.29 is 13.9 Å². The van der Waals surface area contributed by atoms with E-state index in [1.165, 1.54) is 18.1 Å². The fourth-order valence-corrected chi connectivity index (χ4v) is 1.64. The number of rotatable bonds is 1. The van der Waals surface area contributed by atoms with Crippen molar-refractivity contribution in [3.63, 3.8) is 0 Å². The number of carbonyl (C=O) groups is 1. The third-order valence-corrected chi connectivity index (χ3v) is 2.35. The highest BCUT2D eigenvalue weighted by atomic mass is 19.1. The highest BCUT2D eigenvalue weighted by molar-refractivity contribution is 5.98. The van der Waals surface area contributed by atoms with Gasteiger partial charge in [0.1, 0.15) is 11.6 Å². The Labute approximate surface area is 81.1 Å². The molecule has 0 N–H and O–H groups in total. The first-order chi connectivity index (χ1) is 6.63. The third-order valence-electron chi connectivity index (χ3n) is 2.35. The SMILES string of the molecule is COc1cc(F)c2c(c1)CN(C)C2=O. The molecule has 0 saturated carbocycles. The fourth-order valence-electron chi connectivity index (χ4n) is 1.64. The van der Waals surface area contributed by atoms with Crippen molar-refractivity contribution in [3.05, 3.63) is 29.1 Å². The Morgan fingerprint density at radius 2 is 2.21 bits per heavy atom. The summed E-state index contributed by atoms with van der Waals surface area (Å²) in [5.41, 5.74) is 0.864. The van der Waals surface area contributed by atoms with Gasteiger partial charge in [0.05, 0.1) is 12.7 Å². The molecule has 0 aliphatic carbocycles. The maximum absolute atomic E-state index is 13.4. The molecule has 74 valence electrons. The molecular weight excluding hydrogens is 185 g/mol. The highest BCUT2D eigenvalue weighted by Gasteiger charge is 2.28. The van der Waals surface area contributed by atoms with Crippen LogP contribution in [-0.2, 0) is 6.54 Å². The molecule has 1 heterocycles. The first kappa shape index (κ1) is 8.99. The summed E-state index contributed by atoms with van der Waals surface area (Å²) in [5.74, 6) is -0.321. The van der Waals surface area contributed by atoms with Crippen LogP contribution in [0, 0.1) is 5.82 Å². The molecule has 0 aromatic heterocycles. The molecule has 1 amide bonds. The second-order valence-corrected chi connectivity index (χ2v) is 3.30. The van der Waals surface area contributed by atoms with Gasteiger partial charge in [-0.15, -0.1) is 0 Å². The molecule has 14 heavy (non-hydrogen) atoms. The number of halogens is 1. The van der Waals surface area contributed by atoms with Crippen LogP contribution in [0.25, 0.3) is 0 Å². The van der Waals surface area contributed by atoms with Crippen molar-refractivity contribution in [2.45, 2.75) is 6.54 Å². The quantitative estimate of drug-likeness (QED) is 0.678. The van der Waals surface area contributed by atoms with Crippen LogP contribution in [0.15, 0.2) is 12.1 Å². The predicted molar refractivity (Wildman–Crippen MR) is 48.7 cm³/mol. The van der Waals surface area contributed by atoms with Crippen molar-refractivity contribution in [1.82, 2.24) is 4.90 Å². The number of benzene rings is 1. The summed E-state index contributed by atoms with van der Waals surface area (Å²) >= 11 is 0. The van der Waals surface area contributed by atoms with Crippen LogP contribution in [0.5, 0.6) is 5.75 Å². The standard InChI is InChI=1S/C10H10FNO2/c1-12-5-6-3-7(14-2)4-8(11)9(6)10(12)13/h3-4H,5H2,1-2H3. The van der Waals surface area contributed by atoms with Crippen LogP contribution in [0.3, 0.4) is 0 Å². The van der Waals surface area contributed by atoms with Gasteiger partial charge in [0.2, 0.25) is 0 Å². The Hall–Kier alpha value is -1.58. The summed E-state index contributed by atoms with van der Waals surface area (Å²) in [4.78, 5) is 12.9. The van der Waals surface area contributed by atoms with Crippen LogP contribution in [0.4, 0.5) is 4.39 Å². The Balaban J connectivity index is 2.57. The summed E-state index contributed by atoms with van der Waals surface area (Å²) in [7, 11) is 3.12. The number of methoxy groups -OCH3 is 1. The molecule has 0 bridgehead atoms. The molecule has 1 aromatic carbocycles. The summed E-state index contributed by atoms with van der Waals surface area (Å²) in [5, 5.41) is 0. The maximum Gasteiger partial charge on any atom is 0.257 e. The second kappa shape index (κ2) is 2.97. The Morgan fingerprint density at radius 3 is 2.86 bits per heavy atom. The molecule has 1 aliphatic heterocycles. The Kier molecular flexibility index (Phi) is 1.91. The molecule has 0 fully saturated rings. The van der Waals surface area contributed by atoms with Gasteiger partial charge in [-0.25, -0.2) is 4.39 Å². The lowest BCUT2D eigenvalue weighted by atomic mass is 10.1. The molecular formula is C10H10FNO2. The van der Waals surface area contributed by atoms with Crippen molar-refractivity contribution in [1.29, 1.82) is 0 Å². The molecule has 4 heteroatoms. The van der Waals surface area contributed by atoms with Crippen molar-refractivity contribution >= 4 is 5.91 Å². The van der Waals surface area contributed by atoms with Crippen molar-refractivity contribution in [2.75, 3.05) is 14.2 Å². The van der Waals surface area contributed by atoms with E-state index in [9.17, 15) is 9.18 Å². The lowest BCUT2D eigenvalue weighted by Crippen LogP contribution is -2.18. The van der Waals surface area contributed by atoms with Gasteiger partial charge in [-0.2, -0.15) is 0 Å². The third kappa shape index (κ3) is 1.14. The molecule has 2 rings (SSSR count). The zero-order chi connectivity index (χ0) is 10.3. The van der Waals surface area contributed by atoms with Crippen LogP contribution < -0.4 is 4.74 Å². The largest absolute Gasteiger partial charge is 0.497 e. The number of nitrogens with zero attached hydrogens (tertiary/aromatic N) is 1. The molecule has 3 nitrogen and oxygen atoms in total. The van der Waals surface area contributed by atoms with Gasteiger partial charge in [-0.3, -0.25) is 4.79 Å². The zero-order valence-electron chi connectivity index (χ0n) is 8.00. The average Bonchev–Trinajstić information content (AvgIpc) is 2.43. The number of hydrogen-bond acceptors (Lipinski definition) is 2. The number of fused-ring (bicyclic) bond motifs is 1. The van der Waals surface area contributed by atoms with Gasteiger partial charge in [0.15, 0.2) is 0 Å². The summed E-state index contributed by atoms with van der Waals surface area (Å²) in [6, 6.07) is 2.93. The highest BCUT2D eigenvalue weighted by Crippen LogP contribution is 2.28. The van der Waals surface area contributed by atoms with Crippen molar-refractivity contribution in [3.8, 4) is 5.75 Å². The molecule has 1 aliphatic rings. The van der Waals surface area contributed by atoms with E-state index in [2.05, 4.69) is 0 Å². The molecule has 0 atom stereocenters. The number of amides is 1. The van der Waals surface area contributed by atoms with E-state index in [1.807, 2.05) is 0 Å². The number of carbonyl (C=O) groups excluding carboxylic acids is 1. The maximum atomic E-state index is 13.4. The molecule has 1 aromatic rings. The van der Waals surface area contributed by atoms with Gasteiger partial charge >= 0.3 is 0 Å². The minimum absolute atomic E-state index is 0.174. The first-order valence-corrected chi connectivity index (χ1v) is 4.25. The molecule has 0 saturated heterocycles. The minimum atomic E-state index is -0.506. The van der Waals surface area contributed by atoms with Crippen LogP contribution in [0.1, 0.15) is 15.9 Å². The van der Waals surface area contributed by atoms with E-state index < -0.39 is 5.82 Å². The summed E-state index contributed by atoms with van der Waals surface area (Å²) in [6.45, 7) is 0.447. The molecule has 0 radical (unpaired) electrons. The average molecular weight is 195 g/mol. The Bertz CT molecular complexity index is 403. The predicted octanol–water partition coefficient (Wildman–Crippen LogP) is 1.42. The van der Waals surface area contributed by atoms with E-state index >= 15 is 0 Å². The monoisotopic (exact) mass is 195 g/mol. The van der Waals surface area contributed by atoms with E-state index in [0.29, 0.717) is 17.9 Å². The number of ether oxygens (including phenoxy) is 1. The first-order valence-electron chi connectivity index (χ1n) is 4.25. The number of hydrogen-bond donors (Lipinski definition) is 0. The minimum Gasteiger partial charge on any atom is -0.497 e. The fraction of sp³-hybridized carbons (Fsp3) is 0.300. The normalized spacial score (nSPS) is 14.5. The van der Waals surface area contributed by atoms with Crippen molar-refractivity contribution in [2.24, 2.45) is 0 Å². The smallest absolute Gasteiger partial charge is 0.257 e. The van der Waals surface area contributed by atoms with Gasteiger partial charge in [-0.05, 0) is 11.6 Å². The topological polar surface area (TPSA) is 29.5 Å². The van der Waals surface area contributed by atoms with E-state index in [0.717, 1.165) is 0 Å². The zero-order valence-corrected chi connectivity index (χ0v) is 8.00. The van der Waals surface area contributed by atoms with Gasteiger partial charge in [-0.1, -0.05) is 0 Å². The van der Waals surface area contributed by atoms with E-state index in [4.69, 9.17) is 4.74 Å². The van der Waals surface area contributed by atoms with E-state index in [-0.39, 0.29) is 11.5 Å². The van der Waals surface area contributed by atoms with Gasteiger partial charge in [0, 0.05) is 19.7 Å². The molecule has 0 unspecified atom stereocenters. The lowest BCUT2D eigenvalue weighted by Gasteiger charge is -2.04.